The van der Waals surface area contributed by atoms with E-state index in [1.54, 1.807) is 6.26 Å². The van der Waals surface area contributed by atoms with Crippen molar-refractivity contribution < 1.29 is 4.42 Å². The minimum atomic E-state index is 0.345. The zero-order valence-corrected chi connectivity index (χ0v) is 8.41. The Morgan fingerprint density at radius 2 is 2.43 bits per heavy atom. The van der Waals surface area contributed by atoms with Crippen molar-refractivity contribution in [3.8, 4) is 0 Å². The highest BCUT2D eigenvalue weighted by Crippen LogP contribution is 2.08. The van der Waals surface area contributed by atoms with Crippen molar-refractivity contribution in [1.82, 2.24) is 5.43 Å². The van der Waals surface area contributed by atoms with Crippen LogP contribution in [0.1, 0.15) is 25.0 Å². The predicted molar refractivity (Wildman–Crippen MR) is 57.6 cm³/mol. The summed E-state index contributed by atoms with van der Waals surface area (Å²) in [7, 11) is 0. The van der Waals surface area contributed by atoms with E-state index in [1.807, 2.05) is 18.2 Å². The van der Waals surface area contributed by atoms with Crippen molar-refractivity contribution >= 4 is 0 Å². The number of hydrogen-bond acceptors (Lipinski definition) is 3. The molecule has 0 aliphatic heterocycles. The van der Waals surface area contributed by atoms with E-state index in [0.717, 1.165) is 31.4 Å². The Kier molecular flexibility index (Phi) is 5.04. The van der Waals surface area contributed by atoms with E-state index in [9.17, 15) is 0 Å². The lowest BCUT2D eigenvalue weighted by atomic mass is 10.1. The van der Waals surface area contributed by atoms with Gasteiger partial charge in [-0.05, 0) is 31.4 Å². The van der Waals surface area contributed by atoms with E-state index in [4.69, 9.17) is 10.3 Å². The molecule has 1 aromatic heterocycles. The second kappa shape index (κ2) is 6.40. The van der Waals surface area contributed by atoms with Gasteiger partial charge in [-0.25, -0.2) is 0 Å². The summed E-state index contributed by atoms with van der Waals surface area (Å²) in [4.78, 5) is 0. The number of nitrogens with two attached hydrogens (primary N) is 1. The topological polar surface area (TPSA) is 51.2 Å². The largest absolute Gasteiger partial charge is 0.469 e. The molecule has 78 valence electrons. The first-order chi connectivity index (χ1) is 6.86. The van der Waals surface area contributed by atoms with Gasteiger partial charge in [0, 0.05) is 12.5 Å². The summed E-state index contributed by atoms with van der Waals surface area (Å²) in [6.07, 6.45) is 7.56. The molecule has 0 saturated carbocycles. The van der Waals surface area contributed by atoms with Crippen LogP contribution < -0.4 is 11.3 Å². The Hall–Kier alpha value is -1.06. The summed E-state index contributed by atoms with van der Waals surface area (Å²) in [5.41, 5.74) is 2.81. The second-order valence-corrected chi connectivity index (χ2v) is 3.35. The molecule has 3 nitrogen and oxygen atoms in total. The minimum absolute atomic E-state index is 0.345. The molecule has 0 fully saturated rings. The molecule has 0 bridgehead atoms. The van der Waals surface area contributed by atoms with Crippen LogP contribution in [0, 0.1) is 0 Å². The zero-order valence-electron chi connectivity index (χ0n) is 8.41. The van der Waals surface area contributed by atoms with Gasteiger partial charge in [-0.1, -0.05) is 6.08 Å². The number of aryl methyl sites for hydroxylation is 1. The Labute approximate surface area is 85.0 Å². The van der Waals surface area contributed by atoms with E-state index < -0.39 is 0 Å². The van der Waals surface area contributed by atoms with E-state index in [0.29, 0.717) is 6.04 Å². The molecule has 0 amide bonds. The predicted octanol–water partition coefficient (Wildman–Crippen LogP) is 2.01. The number of allylic oxidation sites excluding steroid dienone is 1. The van der Waals surface area contributed by atoms with Crippen LogP contribution in [0.5, 0.6) is 0 Å². The summed E-state index contributed by atoms with van der Waals surface area (Å²) in [5.74, 6) is 6.46. The fourth-order valence-corrected chi connectivity index (χ4v) is 1.40. The van der Waals surface area contributed by atoms with Gasteiger partial charge in [-0.2, -0.15) is 0 Å². The molecule has 0 aliphatic rings. The second-order valence-electron chi connectivity index (χ2n) is 3.35. The maximum absolute atomic E-state index is 5.44. The molecule has 1 aromatic rings. The lowest BCUT2D eigenvalue weighted by Gasteiger charge is -2.13. The Balaban J connectivity index is 2.23. The van der Waals surface area contributed by atoms with Crippen LogP contribution in [0.4, 0.5) is 0 Å². The van der Waals surface area contributed by atoms with Gasteiger partial charge in [0.2, 0.25) is 0 Å². The molecule has 0 saturated heterocycles. The average molecular weight is 194 g/mol. The summed E-state index contributed by atoms with van der Waals surface area (Å²) in [5, 5.41) is 0. The standard InChI is InChI=1S/C11H18N2O/c1-2-3-5-10(13-12)7-8-11-6-4-9-14-11/h2,4,6,9-10,13H,1,3,5,7-8,12H2. The number of nitrogens with one attached hydrogen (secondary N) is 1. The number of rotatable bonds is 7. The van der Waals surface area contributed by atoms with Gasteiger partial charge < -0.3 is 4.42 Å². The van der Waals surface area contributed by atoms with Crippen LogP contribution in [0.2, 0.25) is 0 Å². The molecule has 0 aliphatic carbocycles. The highest BCUT2D eigenvalue weighted by Gasteiger charge is 2.06. The summed E-state index contributed by atoms with van der Waals surface area (Å²) >= 11 is 0. The molecule has 1 heterocycles. The van der Waals surface area contributed by atoms with Gasteiger partial charge in [0.1, 0.15) is 5.76 Å². The first kappa shape index (κ1) is 11.0. The molecular weight excluding hydrogens is 176 g/mol. The van der Waals surface area contributed by atoms with Crippen molar-refractivity contribution in [2.75, 3.05) is 0 Å². The van der Waals surface area contributed by atoms with Gasteiger partial charge in [0.25, 0.3) is 0 Å². The number of hydrogen-bond donors (Lipinski definition) is 2. The van der Waals surface area contributed by atoms with Crippen LogP contribution in [-0.2, 0) is 6.42 Å². The first-order valence-electron chi connectivity index (χ1n) is 4.96. The smallest absolute Gasteiger partial charge is 0.103 e. The Morgan fingerprint density at radius 1 is 1.57 bits per heavy atom. The normalized spacial score (nSPS) is 12.6. The molecule has 1 rings (SSSR count). The van der Waals surface area contributed by atoms with Crippen molar-refractivity contribution in [2.24, 2.45) is 5.84 Å². The monoisotopic (exact) mass is 194 g/mol. The SMILES string of the molecule is C=CCCC(CCc1ccco1)NN. The molecule has 1 atom stereocenters. The highest BCUT2D eigenvalue weighted by molar-refractivity contribution is 4.98. The van der Waals surface area contributed by atoms with Crippen LogP contribution in [0.25, 0.3) is 0 Å². The molecule has 1 unspecified atom stereocenters. The fourth-order valence-electron chi connectivity index (χ4n) is 1.40. The van der Waals surface area contributed by atoms with Crippen molar-refractivity contribution in [2.45, 2.75) is 31.7 Å². The van der Waals surface area contributed by atoms with Crippen LogP contribution in [0.3, 0.4) is 0 Å². The first-order valence-corrected chi connectivity index (χ1v) is 4.96. The van der Waals surface area contributed by atoms with E-state index >= 15 is 0 Å². The lowest BCUT2D eigenvalue weighted by molar-refractivity contribution is 0.434. The van der Waals surface area contributed by atoms with Gasteiger partial charge in [0.15, 0.2) is 0 Å². The quantitative estimate of drug-likeness (QED) is 0.396. The zero-order chi connectivity index (χ0) is 10.2. The maximum atomic E-state index is 5.44. The van der Waals surface area contributed by atoms with Gasteiger partial charge in [-0.3, -0.25) is 11.3 Å². The summed E-state index contributed by atoms with van der Waals surface area (Å²) in [6.45, 7) is 3.69. The molecule has 14 heavy (non-hydrogen) atoms. The lowest BCUT2D eigenvalue weighted by Crippen LogP contribution is -2.35. The summed E-state index contributed by atoms with van der Waals surface area (Å²) < 4.78 is 5.24. The Morgan fingerprint density at radius 3 is 3.00 bits per heavy atom. The minimum Gasteiger partial charge on any atom is -0.469 e. The summed E-state index contributed by atoms with van der Waals surface area (Å²) in [6, 6.07) is 4.24. The van der Waals surface area contributed by atoms with Crippen LogP contribution in [-0.4, -0.2) is 6.04 Å². The van der Waals surface area contributed by atoms with Crippen molar-refractivity contribution in [1.29, 1.82) is 0 Å². The van der Waals surface area contributed by atoms with Crippen molar-refractivity contribution in [3.05, 3.63) is 36.8 Å². The highest BCUT2D eigenvalue weighted by atomic mass is 16.3. The molecule has 3 N–H and O–H groups in total. The van der Waals surface area contributed by atoms with E-state index in [1.165, 1.54) is 0 Å². The Bertz CT molecular complexity index is 244. The third kappa shape index (κ3) is 3.77. The molecular formula is C11H18N2O. The fraction of sp³-hybridized carbons (Fsp3) is 0.455. The molecule has 0 spiro atoms. The van der Waals surface area contributed by atoms with Crippen LogP contribution in [0.15, 0.2) is 35.5 Å². The van der Waals surface area contributed by atoms with E-state index in [2.05, 4.69) is 12.0 Å². The van der Waals surface area contributed by atoms with Gasteiger partial charge in [-0.15, -0.1) is 6.58 Å². The maximum Gasteiger partial charge on any atom is 0.103 e. The van der Waals surface area contributed by atoms with Gasteiger partial charge in [0.05, 0.1) is 6.26 Å². The van der Waals surface area contributed by atoms with E-state index in [-0.39, 0.29) is 0 Å². The number of hydrazine groups is 1. The molecule has 0 radical (unpaired) electrons. The van der Waals surface area contributed by atoms with Gasteiger partial charge >= 0.3 is 0 Å². The van der Waals surface area contributed by atoms with Crippen LogP contribution >= 0.6 is 0 Å². The average Bonchev–Trinajstić information content (AvgIpc) is 2.71. The number of furan rings is 1. The molecule has 3 heteroatoms. The van der Waals surface area contributed by atoms with Crippen molar-refractivity contribution in [3.63, 3.8) is 0 Å². The third-order valence-corrected chi connectivity index (χ3v) is 2.27. The third-order valence-electron chi connectivity index (χ3n) is 2.27. The molecule has 0 aromatic carbocycles.